The van der Waals surface area contributed by atoms with E-state index in [2.05, 4.69) is 20.3 Å². The molecule has 2 saturated heterocycles. The highest BCUT2D eigenvalue weighted by molar-refractivity contribution is 7.91. The number of methoxy groups -OCH3 is 1. The lowest BCUT2D eigenvalue weighted by molar-refractivity contribution is -0.110. The van der Waals surface area contributed by atoms with Gasteiger partial charge in [0.25, 0.3) is 15.9 Å². The first-order valence-electron chi connectivity index (χ1n) is 12.8. The first-order chi connectivity index (χ1) is 19.1. The Kier molecular flexibility index (Phi) is 10.3. The van der Waals surface area contributed by atoms with Crippen molar-refractivity contribution in [2.75, 3.05) is 84.3 Å². The van der Waals surface area contributed by atoms with Gasteiger partial charge in [0.15, 0.2) is 24.9 Å². The molecule has 1 amide bonds. The molecule has 1 aromatic carbocycles. The van der Waals surface area contributed by atoms with Crippen LogP contribution in [-0.2, 0) is 34.1 Å². The molecule has 2 aliphatic heterocycles. The van der Waals surface area contributed by atoms with Crippen molar-refractivity contribution in [3.05, 3.63) is 36.0 Å². The predicted molar refractivity (Wildman–Crippen MR) is 151 cm³/mol. The minimum atomic E-state index is -3.73. The summed E-state index contributed by atoms with van der Waals surface area (Å²) in [6.45, 7) is 4.24. The third-order valence-corrected chi connectivity index (χ3v) is 11.5. The second-order valence-corrected chi connectivity index (χ2v) is 14.7. The van der Waals surface area contributed by atoms with Crippen LogP contribution in [0.1, 0.15) is 12.0 Å². The van der Waals surface area contributed by atoms with Crippen LogP contribution in [0, 0.1) is 0 Å². The molecular formula is C24H34N6O7S3. The van der Waals surface area contributed by atoms with Gasteiger partial charge in [0.1, 0.15) is 0 Å². The fraction of sp³-hybridized carbons (Fsp3) is 0.542. The smallest absolute Gasteiger partial charge is 0.278 e. The van der Waals surface area contributed by atoms with Gasteiger partial charge in [-0.3, -0.25) is 15.1 Å². The van der Waals surface area contributed by atoms with Gasteiger partial charge in [-0.1, -0.05) is 23.5 Å². The van der Waals surface area contributed by atoms with E-state index in [0.29, 0.717) is 71.1 Å². The van der Waals surface area contributed by atoms with Crippen LogP contribution in [0.5, 0.6) is 0 Å². The van der Waals surface area contributed by atoms with E-state index < -0.39 is 25.8 Å². The summed E-state index contributed by atoms with van der Waals surface area (Å²) in [5.41, 5.74) is 0.450. The zero-order valence-electron chi connectivity index (χ0n) is 22.5. The molecule has 0 unspecified atom stereocenters. The summed E-state index contributed by atoms with van der Waals surface area (Å²) >= 11 is 0.872. The molecule has 0 aliphatic carbocycles. The van der Waals surface area contributed by atoms with Crippen molar-refractivity contribution in [1.29, 1.82) is 0 Å². The molecule has 40 heavy (non-hydrogen) atoms. The number of piperazine rings is 1. The predicted octanol–water partition coefficient (Wildman–Crippen LogP) is 0.564. The zero-order valence-corrected chi connectivity index (χ0v) is 24.9. The number of carbonyl (C=O) groups is 1. The molecule has 0 radical (unpaired) electrons. The number of nitrogens with zero attached hydrogens (tertiary/aromatic N) is 5. The maximum absolute atomic E-state index is 13.4. The Morgan fingerprint density at radius 2 is 1.75 bits per heavy atom. The van der Waals surface area contributed by atoms with E-state index in [1.165, 1.54) is 41.9 Å². The summed E-state index contributed by atoms with van der Waals surface area (Å²) in [5.74, 6) is -0.654. The van der Waals surface area contributed by atoms with Crippen molar-refractivity contribution in [2.45, 2.75) is 15.5 Å². The molecule has 2 fully saturated rings. The molecule has 16 heteroatoms. The van der Waals surface area contributed by atoms with Gasteiger partial charge in [-0.15, -0.1) is 0 Å². The van der Waals surface area contributed by atoms with Crippen LogP contribution in [0.25, 0.3) is 0 Å². The van der Waals surface area contributed by atoms with E-state index in [0.717, 1.165) is 11.3 Å². The van der Waals surface area contributed by atoms with Gasteiger partial charge in [0.05, 0.1) is 43.1 Å². The van der Waals surface area contributed by atoms with Crippen molar-refractivity contribution in [3.8, 4) is 0 Å². The number of morpholine rings is 1. The third-order valence-electron chi connectivity index (χ3n) is 6.45. The number of carbonyl (C=O) groups excluding carboxylic acids is 1. The number of hydrazone groups is 1. The number of aromatic nitrogens is 1. The van der Waals surface area contributed by atoms with Gasteiger partial charge in [0.2, 0.25) is 0 Å². The monoisotopic (exact) mass is 614 g/mol. The highest BCUT2D eigenvalue weighted by atomic mass is 32.2. The Morgan fingerprint density at radius 1 is 1.07 bits per heavy atom. The Labute approximate surface area is 238 Å². The number of anilines is 1. The van der Waals surface area contributed by atoms with Gasteiger partial charge in [-0.2, -0.15) is 9.41 Å². The van der Waals surface area contributed by atoms with Crippen LogP contribution < -0.4 is 5.32 Å². The number of sulfonamides is 1. The summed E-state index contributed by atoms with van der Waals surface area (Å²) < 4.78 is 63.2. The third kappa shape index (κ3) is 7.63. The number of ether oxygens (including phenoxy) is 2. The second-order valence-electron chi connectivity index (χ2n) is 9.35. The molecule has 13 nitrogen and oxygen atoms in total. The van der Waals surface area contributed by atoms with Crippen molar-refractivity contribution in [3.63, 3.8) is 0 Å². The summed E-state index contributed by atoms with van der Waals surface area (Å²) in [7, 11) is -3.79. The molecule has 4 rings (SSSR count). The van der Waals surface area contributed by atoms with Gasteiger partial charge in [-0.25, -0.2) is 21.8 Å². The molecule has 3 heterocycles. The SMILES string of the molecule is COCCCS(=O)(=O)c1ccc(/C(=N/N2CCOCC2)C(=O)Nc2ncc(S(=O)(=O)N3CCN(C)CC3)s2)cc1. The number of sulfone groups is 1. The lowest BCUT2D eigenvalue weighted by Gasteiger charge is -2.30. The van der Waals surface area contributed by atoms with E-state index in [-0.39, 0.29) is 25.7 Å². The number of thiazole rings is 1. The number of amides is 1. The molecule has 1 aromatic heterocycles. The highest BCUT2D eigenvalue weighted by Crippen LogP contribution is 2.27. The molecule has 0 bridgehead atoms. The van der Waals surface area contributed by atoms with Crippen molar-refractivity contribution >= 4 is 47.9 Å². The van der Waals surface area contributed by atoms with Crippen LogP contribution >= 0.6 is 11.3 Å². The summed E-state index contributed by atoms with van der Waals surface area (Å²) in [6, 6.07) is 5.97. The Balaban J connectivity index is 1.54. The molecule has 0 saturated carbocycles. The van der Waals surface area contributed by atoms with E-state index in [1.54, 1.807) is 5.01 Å². The second kappa shape index (κ2) is 13.5. The Bertz CT molecular complexity index is 1400. The molecule has 2 aromatic rings. The molecule has 0 atom stereocenters. The topological polar surface area (TPSA) is 151 Å². The maximum atomic E-state index is 13.4. The van der Waals surface area contributed by atoms with Gasteiger partial charge in [-0.05, 0) is 25.6 Å². The number of hydrogen-bond donors (Lipinski definition) is 1. The number of nitrogens with one attached hydrogen (secondary N) is 1. The maximum Gasteiger partial charge on any atom is 0.278 e. The molecule has 220 valence electrons. The van der Waals surface area contributed by atoms with E-state index in [1.807, 2.05) is 7.05 Å². The van der Waals surface area contributed by atoms with Crippen LogP contribution in [0.15, 0.2) is 44.7 Å². The van der Waals surface area contributed by atoms with Crippen LogP contribution in [0.3, 0.4) is 0 Å². The average Bonchev–Trinajstić information content (AvgIpc) is 3.42. The standard InChI is InChI=1S/C24H34N6O7S3/c1-28-8-10-30(11-9-28)40(34,35)21-18-25-24(38-21)26-23(31)22(27-29-12-15-37-16-13-29)19-4-6-20(7-5-19)39(32,33)17-3-14-36-2/h4-7,18H,3,8-17H2,1-2H3,(H,25,26,31)/b27-22-. The average molecular weight is 615 g/mol. The summed E-state index contributed by atoms with van der Waals surface area (Å²) in [4.78, 5) is 19.7. The number of benzene rings is 1. The minimum Gasteiger partial charge on any atom is -0.385 e. The van der Waals surface area contributed by atoms with Gasteiger partial charge >= 0.3 is 0 Å². The normalized spacial score (nSPS) is 18.1. The summed E-state index contributed by atoms with van der Waals surface area (Å²) in [5, 5.41) is 9.02. The quantitative estimate of drug-likeness (QED) is 0.281. The lowest BCUT2D eigenvalue weighted by atomic mass is 10.1. The zero-order chi connectivity index (χ0) is 28.8. The van der Waals surface area contributed by atoms with E-state index in [9.17, 15) is 21.6 Å². The molecule has 0 spiro atoms. The molecular weight excluding hydrogens is 581 g/mol. The highest BCUT2D eigenvalue weighted by Gasteiger charge is 2.30. The Morgan fingerprint density at radius 3 is 2.40 bits per heavy atom. The van der Waals surface area contributed by atoms with Gasteiger partial charge in [0, 0.05) is 45.5 Å². The first kappa shape index (κ1) is 30.5. The van der Waals surface area contributed by atoms with Crippen LogP contribution in [-0.4, -0.2) is 127 Å². The lowest BCUT2D eigenvalue weighted by Crippen LogP contribution is -2.46. The van der Waals surface area contributed by atoms with Crippen molar-refractivity contribution in [2.24, 2.45) is 5.10 Å². The number of rotatable bonds is 11. The van der Waals surface area contributed by atoms with E-state index in [4.69, 9.17) is 9.47 Å². The van der Waals surface area contributed by atoms with Crippen LogP contribution in [0.4, 0.5) is 5.13 Å². The first-order valence-corrected chi connectivity index (χ1v) is 16.7. The number of likely N-dealkylation sites (N-methyl/N-ethyl adjacent to an activating group) is 1. The fourth-order valence-electron chi connectivity index (χ4n) is 4.11. The molecule has 1 N–H and O–H groups in total. The fourth-order valence-corrected chi connectivity index (χ4v) is 8.00. The summed E-state index contributed by atoms with van der Waals surface area (Å²) in [6.07, 6.45) is 1.61. The number of hydrogen-bond acceptors (Lipinski definition) is 12. The largest absolute Gasteiger partial charge is 0.385 e. The van der Waals surface area contributed by atoms with Crippen LogP contribution in [0.2, 0.25) is 0 Å². The van der Waals surface area contributed by atoms with E-state index >= 15 is 0 Å². The minimum absolute atomic E-state index is 0.0436. The van der Waals surface area contributed by atoms with Crippen molar-refractivity contribution in [1.82, 2.24) is 19.2 Å². The van der Waals surface area contributed by atoms with Crippen molar-refractivity contribution < 1.29 is 31.1 Å². The van der Waals surface area contributed by atoms with Gasteiger partial charge < -0.3 is 14.4 Å². The molecule has 2 aliphatic rings. The Hall–Kier alpha value is -2.47.